The van der Waals surface area contributed by atoms with Crippen LogP contribution in [0.4, 0.5) is 5.69 Å². The maximum absolute atomic E-state index is 2.77. The minimum absolute atomic E-state index is 0.0206. The van der Waals surface area contributed by atoms with E-state index in [-0.39, 0.29) is 5.54 Å². The SMILES string of the molecule is CC1=C2c3ccccc3C(C)(C)N2C(C2CCCCC2)N1c1ccccc1C. The summed E-state index contributed by atoms with van der Waals surface area (Å²) in [6.45, 7) is 9.44. The Morgan fingerprint density at radius 2 is 1.54 bits per heavy atom. The van der Waals surface area contributed by atoms with Gasteiger partial charge in [0.1, 0.15) is 6.17 Å². The van der Waals surface area contributed by atoms with Gasteiger partial charge in [0.25, 0.3) is 0 Å². The van der Waals surface area contributed by atoms with Crippen molar-refractivity contribution in [3.8, 4) is 0 Å². The van der Waals surface area contributed by atoms with E-state index < -0.39 is 0 Å². The summed E-state index contributed by atoms with van der Waals surface area (Å²) < 4.78 is 0. The fraction of sp³-hybridized carbons (Fsp3) is 0.462. The fourth-order valence-corrected chi connectivity index (χ4v) is 6.03. The van der Waals surface area contributed by atoms with Crippen molar-refractivity contribution in [1.29, 1.82) is 0 Å². The van der Waals surface area contributed by atoms with Gasteiger partial charge in [0, 0.05) is 16.9 Å². The summed E-state index contributed by atoms with van der Waals surface area (Å²) in [4.78, 5) is 5.45. The Labute approximate surface area is 169 Å². The Kier molecular flexibility index (Phi) is 4.08. The zero-order valence-corrected chi connectivity index (χ0v) is 17.7. The van der Waals surface area contributed by atoms with Gasteiger partial charge in [0.05, 0.1) is 11.2 Å². The Balaban J connectivity index is 1.72. The molecule has 1 fully saturated rings. The maximum atomic E-state index is 2.77. The van der Waals surface area contributed by atoms with Gasteiger partial charge in [-0.05, 0) is 63.6 Å². The Hall–Kier alpha value is -2.22. The highest BCUT2D eigenvalue weighted by atomic mass is 15.5. The quantitative estimate of drug-likeness (QED) is 0.581. The van der Waals surface area contributed by atoms with Gasteiger partial charge in [-0.3, -0.25) is 0 Å². The van der Waals surface area contributed by atoms with Gasteiger partial charge in [0.2, 0.25) is 0 Å². The van der Waals surface area contributed by atoms with Crippen LogP contribution in [0.15, 0.2) is 54.2 Å². The van der Waals surface area contributed by atoms with E-state index in [1.165, 1.54) is 65.9 Å². The summed E-state index contributed by atoms with van der Waals surface area (Å²) >= 11 is 0. The Bertz CT molecular complexity index is 933. The van der Waals surface area contributed by atoms with Crippen LogP contribution in [0.25, 0.3) is 5.70 Å². The fourth-order valence-electron chi connectivity index (χ4n) is 6.03. The van der Waals surface area contributed by atoms with Crippen LogP contribution in [-0.4, -0.2) is 11.1 Å². The molecule has 2 aromatic carbocycles. The third kappa shape index (κ3) is 2.40. The molecule has 1 aliphatic carbocycles. The molecule has 0 spiro atoms. The zero-order chi connectivity index (χ0) is 19.5. The van der Waals surface area contributed by atoms with Crippen LogP contribution in [0.2, 0.25) is 0 Å². The van der Waals surface area contributed by atoms with Crippen LogP contribution in [0, 0.1) is 12.8 Å². The molecule has 0 aromatic heterocycles. The van der Waals surface area contributed by atoms with Crippen molar-refractivity contribution in [3.05, 3.63) is 70.9 Å². The van der Waals surface area contributed by atoms with Gasteiger partial charge < -0.3 is 9.80 Å². The first-order chi connectivity index (χ1) is 13.5. The average molecular weight is 373 g/mol. The van der Waals surface area contributed by atoms with Crippen LogP contribution < -0.4 is 4.90 Å². The van der Waals surface area contributed by atoms with Crippen molar-refractivity contribution in [3.63, 3.8) is 0 Å². The molecule has 5 rings (SSSR count). The van der Waals surface area contributed by atoms with Gasteiger partial charge in [-0.15, -0.1) is 0 Å². The summed E-state index contributed by atoms with van der Waals surface area (Å²) in [6, 6.07) is 18.0. The number of aryl methyl sites for hydroxylation is 1. The number of hydrogen-bond acceptors (Lipinski definition) is 2. The second-order valence-electron chi connectivity index (χ2n) is 9.38. The molecular weight excluding hydrogens is 340 g/mol. The molecule has 146 valence electrons. The summed E-state index contributed by atoms with van der Waals surface area (Å²) in [7, 11) is 0. The highest BCUT2D eigenvalue weighted by molar-refractivity contribution is 5.82. The van der Waals surface area contributed by atoms with Gasteiger partial charge in [0.15, 0.2) is 0 Å². The normalized spacial score (nSPS) is 23.9. The van der Waals surface area contributed by atoms with E-state index in [1.807, 2.05) is 0 Å². The number of nitrogens with zero attached hydrogens (tertiary/aromatic N) is 2. The van der Waals surface area contributed by atoms with E-state index >= 15 is 0 Å². The number of allylic oxidation sites excluding steroid dienone is 1. The van der Waals surface area contributed by atoms with E-state index in [2.05, 4.69) is 86.0 Å². The summed E-state index contributed by atoms with van der Waals surface area (Å²) in [5.41, 5.74) is 8.56. The molecular formula is C26H32N2. The van der Waals surface area contributed by atoms with E-state index in [0.29, 0.717) is 6.17 Å². The number of hydrogen-bond donors (Lipinski definition) is 0. The standard InChI is InChI=1S/C26H32N2/c1-18-12-8-11-17-23(18)27-19(2)24-21-15-9-10-16-22(21)26(3,4)28(24)25(27)20-13-6-5-7-14-20/h8-12,15-17,20,25H,5-7,13-14H2,1-4H3. The van der Waals surface area contributed by atoms with E-state index in [9.17, 15) is 0 Å². The lowest BCUT2D eigenvalue weighted by Crippen LogP contribution is -2.51. The molecule has 0 saturated heterocycles. The van der Waals surface area contributed by atoms with Crippen LogP contribution in [0.3, 0.4) is 0 Å². The molecule has 28 heavy (non-hydrogen) atoms. The third-order valence-corrected chi connectivity index (χ3v) is 7.36. The number of anilines is 1. The van der Waals surface area contributed by atoms with Crippen LogP contribution in [0.5, 0.6) is 0 Å². The van der Waals surface area contributed by atoms with Gasteiger partial charge in [-0.25, -0.2) is 0 Å². The molecule has 3 aliphatic rings. The molecule has 0 bridgehead atoms. The van der Waals surface area contributed by atoms with Crippen molar-refractivity contribution in [2.24, 2.45) is 5.92 Å². The molecule has 2 nitrogen and oxygen atoms in total. The largest absolute Gasteiger partial charge is 0.339 e. The predicted molar refractivity (Wildman–Crippen MR) is 118 cm³/mol. The van der Waals surface area contributed by atoms with Crippen LogP contribution >= 0.6 is 0 Å². The highest BCUT2D eigenvalue weighted by Crippen LogP contribution is 2.56. The molecule has 1 atom stereocenters. The average Bonchev–Trinajstić information content (AvgIpc) is 3.14. The molecule has 2 heteroatoms. The third-order valence-electron chi connectivity index (χ3n) is 7.36. The highest BCUT2D eigenvalue weighted by Gasteiger charge is 2.53. The van der Waals surface area contributed by atoms with Gasteiger partial charge in [-0.2, -0.15) is 0 Å². The summed E-state index contributed by atoms with van der Waals surface area (Å²) in [5.74, 6) is 0.717. The lowest BCUT2D eigenvalue weighted by Gasteiger charge is -2.46. The molecule has 0 radical (unpaired) electrons. The van der Waals surface area contributed by atoms with Gasteiger partial charge in [-0.1, -0.05) is 61.7 Å². The van der Waals surface area contributed by atoms with Crippen LogP contribution in [0.1, 0.15) is 69.6 Å². The van der Waals surface area contributed by atoms with E-state index in [4.69, 9.17) is 0 Å². The minimum Gasteiger partial charge on any atom is -0.339 e. The first kappa shape index (κ1) is 17.8. The molecule has 0 N–H and O–H groups in total. The van der Waals surface area contributed by atoms with Crippen molar-refractivity contribution in [2.75, 3.05) is 4.90 Å². The van der Waals surface area contributed by atoms with Crippen LogP contribution in [-0.2, 0) is 5.54 Å². The molecule has 2 aliphatic heterocycles. The lowest BCUT2D eigenvalue weighted by molar-refractivity contribution is 0.108. The van der Waals surface area contributed by atoms with Crippen molar-refractivity contribution >= 4 is 11.4 Å². The first-order valence-corrected chi connectivity index (χ1v) is 11.0. The maximum Gasteiger partial charge on any atom is 0.110 e. The molecule has 1 saturated carbocycles. The monoisotopic (exact) mass is 372 g/mol. The number of para-hydroxylation sites is 1. The topological polar surface area (TPSA) is 6.48 Å². The zero-order valence-electron chi connectivity index (χ0n) is 17.7. The minimum atomic E-state index is 0.0206. The van der Waals surface area contributed by atoms with Gasteiger partial charge >= 0.3 is 0 Å². The summed E-state index contributed by atoms with van der Waals surface area (Å²) in [5, 5.41) is 0. The predicted octanol–water partition coefficient (Wildman–Crippen LogP) is 6.66. The molecule has 0 amide bonds. The number of rotatable bonds is 2. The number of benzene rings is 2. The smallest absolute Gasteiger partial charge is 0.110 e. The lowest BCUT2D eigenvalue weighted by atomic mass is 9.84. The second-order valence-corrected chi connectivity index (χ2v) is 9.38. The van der Waals surface area contributed by atoms with Crippen molar-refractivity contribution in [2.45, 2.75) is 71.5 Å². The molecule has 2 heterocycles. The van der Waals surface area contributed by atoms with Crippen molar-refractivity contribution in [1.82, 2.24) is 4.90 Å². The Morgan fingerprint density at radius 1 is 0.857 bits per heavy atom. The van der Waals surface area contributed by atoms with E-state index in [1.54, 1.807) is 0 Å². The Morgan fingerprint density at radius 3 is 2.29 bits per heavy atom. The summed E-state index contributed by atoms with van der Waals surface area (Å²) in [6.07, 6.45) is 7.25. The molecule has 2 aromatic rings. The second kappa shape index (κ2) is 6.40. The first-order valence-electron chi connectivity index (χ1n) is 11.0. The van der Waals surface area contributed by atoms with Crippen molar-refractivity contribution < 1.29 is 0 Å². The molecule has 1 unspecified atom stereocenters. The van der Waals surface area contributed by atoms with E-state index in [0.717, 1.165) is 5.92 Å². The number of fused-ring (bicyclic) bond motifs is 3.